The molecule has 19 heavy (non-hydrogen) atoms. The summed E-state index contributed by atoms with van der Waals surface area (Å²) >= 11 is 0. The van der Waals surface area contributed by atoms with Crippen molar-refractivity contribution in [2.45, 2.75) is 31.4 Å². The molecule has 0 bridgehead atoms. The average Bonchev–Trinajstić information content (AvgIpc) is 2.79. The molecule has 0 radical (unpaired) electrons. The highest BCUT2D eigenvalue weighted by Crippen LogP contribution is 2.19. The molecule has 2 rings (SSSR count). The first-order valence-electron chi connectivity index (χ1n) is 6.17. The molecule has 2 atom stereocenters. The van der Waals surface area contributed by atoms with Crippen LogP contribution in [-0.2, 0) is 16.0 Å². The zero-order valence-corrected chi connectivity index (χ0v) is 10.4. The van der Waals surface area contributed by atoms with Gasteiger partial charge in [-0.15, -0.1) is 0 Å². The summed E-state index contributed by atoms with van der Waals surface area (Å²) in [6.07, 6.45) is 3.45. The smallest absolute Gasteiger partial charge is 0.326 e. The van der Waals surface area contributed by atoms with Crippen LogP contribution in [0.3, 0.4) is 0 Å². The van der Waals surface area contributed by atoms with Crippen LogP contribution in [0.1, 0.15) is 18.4 Å². The maximum Gasteiger partial charge on any atom is 0.326 e. The zero-order chi connectivity index (χ0) is 13.8. The molecule has 0 aromatic carbocycles. The standard InChI is InChI=1S/C13H16N2O4/c16-10-7-11(13(18)19)15(8-10)12(17)2-1-9-3-5-14-6-4-9/h3-6,10-11,16H,1-2,7-8H2,(H,18,19)/t10-,11-/m0/s1. The Morgan fingerprint density at radius 2 is 2.05 bits per heavy atom. The molecule has 1 amide bonds. The van der Waals surface area contributed by atoms with E-state index in [4.69, 9.17) is 5.11 Å². The largest absolute Gasteiger partial charge is 0.480 e. The minimum Gasteiger partial charge on any atom is -0.480 e. The lowest BCUT2D eigenvalue weighted by molar-refractivity contribution is -0.148. The second-order valence-corrected chi connectivity index (χ2v) is 4.65. The van der Waals surface area contributed by atoms with Crippen molar-refractivity contribution < 1.29 is 19.8 Å². The van der Waals surface area contributed by atoms with E-state index in [1.807, 2.05) is 12.1 Å². The molecule has 1 aliphatic heterocycles. The zero-order valence-electron chi connectivity index (χ0n) is 10.4. The fourth-order valence-electron chi connectivity index (χ4n) is 2.27. The quantitative estimate of drug-likeness (QED) is 0.802. The number of nitrogens with zero attached hydrogens (tertiary/aromatic N) is 2. The van der Waals surface area contributed by atoms with Crippen LogP contribution in [0.25, 0.3) is 0 Å². The lowest BCUT2D eigenvalue weighted by Crippen LogP contribution is -2.40. The number of aliphatic hydroxyl groups excluding tert-OH is 1. The topological polar surface area (TPSA) is 90.7 Å². The second-order valence-electron chi connectivity index (χ2n) is 4.65. The number of pyridine rings is 1. The van der Waals surface area contributed by atoms with Crippen molar-refractivity contribution in [1.29, 1.82) is 0 Å². The summed E-state index contributed by atoms with van der Waals surface area (Å²) in [4.78, 5) is 28.2. The van der Waals surface area contributed by atoms with Crippen LogP contribution in [0, 0.1) is 0 Å². The number of aromatic nitrogens is 1. The molecule has 1 aromatic heterocycles. The summed E-state index contributed by atoms with van der Waals surface area (Å²) in [5.74, 6) is -1.30. The van der Waals surface area contributed by atoms with Gasteiger partial charge in [0.2, 0.25) is 5.91 Å². The van der Waals surface area contributed by atoms with Crippen molar-refractivity contribution in [3.8, 4) is 0 Å². The summed E-state index contributed by atoms with van der Waals surface area (Å²) < 4.78 is 0. The maximum absolute atomic E-state index is 12.0. The van der Waals surface area contributed by atoms with Gasteiger partial charge < -0.3 is 15.1 Å². The van der Waals surface area contributed by atoms with E-state index in [0.717, 1.165) is 5.56 Å². The molecule has 2 heterocycles. The van der Waals surface area contributed by atoms with Crippen molar-refractivity contribution in [1.82, 2.24) is 9.88 Å². The van der Waals surface area contributed by atoms with Gasteiger partial charge >= 0.3 is 5.97 Å². The number of aliphatic carboxylic acids is 1. The molecule has 1 aromatic rings. The third-order valence-corrected chi connectivity index (χ3v) is 3.26. The van der Waals surface area contributed by atoms with Crippen molar-refractivity contribution in [3.05, 3.63) is 30.1 Å². The van der Waals surface area contributed by atoms with Crippen LogP contribution < -0.4 is 0 Å². The molecule has 0 spiro atoms. The molecular weight excluding hydrogens is 248 g/mol. The van der Waals surface area contributed by atoms with E-state index < -0.39 is 18.1 Å². The number of β-amino-alcohol motifs (C(OH)–C–C–N with tert-alkyl or cyclic N) is 1. The number of carboxylic acids is 1. The number of aryl methyl sites for hydroxylation is 1. The lowest BCUT2D eigenvalue weighted by atomic mass is 10.1. The van der Waals surface area contributed by atoms with Gasteiger partial charge in [-0.25, -0.2) is 4.79 Å². The molecule has 0 unspecified atom stereocenters. The molecule has 1 aliphatic rings. The van der Waals surface area contributed by atoms with Gasteiger partial charge in [0.1, 0.15) is 6.04 Å². The van der Waals surface area contributed by atoms with E-state index in [1.54, 1.807) is 12.4 Å². The van der Waals surface area contributed by atoms with Gasteiger partial charge in [0.15, 0.2) is 0 Å². The number of carbonyl (C=O) groups is 2. The van der Waals surface area contributed by atoms with Gasteiger partial charge in [-0.05, 0) is 24.1 Å². The lowest BCUT2D eigenvalue weighted by Gasteiger charge is -2.21. The highest BCUT2D eigenvalue weighted by molar-refractivity contribution is 5.84. The van der Waals surface area contributed by atoms with Crippen LogP contribution in [0.15, 0.2) is 24.5 Å². The summed E-state index contributed by atoms with van der Waals surface area (Å²) in [5.41, 5.74) is 0.981. The fraction of sp³-hybridized carbons (Fsp3) is 0.462. The average molecular weight is 264 g/mol. The molecule has 0 aliphatic carbocycles. The number of amides is 1. The molecule has 6 nitrogen and oxygen atoms in total. The molecule has 2 N–H and O–H groups in total. The Morgan fingerprint density at radius 1 is 1.37 bits per heavy atom. The van der Waals surface area contributed by atoms with Crippen molar-refractivity contribution in [2.24, 2.45) is 0 Å². The second kappa shape index (κ2) is 5.79. The minimum absolute atomic E-state index is 0.103. The normalized spacial score (nSPS) is 22.5. The third kappa shape index (κ3) is 3.29. The van der Waals surface area contributed by atoms with Gasteiger partial charge in [0.25, 0.3) is 0 Å². The summed E-state index contributed by atoms with van der Waals surface area (Å²) in [6.45, 7) is 0.103. The first-order chi connectivity index (χ1) is 9.08. The molecule has 1 saturated heterocycles. The van der Waals surface area contributed by atoms with Crippen LogP contribution in [0.2, 0.25) is 0 Å². The number of rotatable bonds is 4. The number of carbonyl (C=O) groups excluding carboxylic acids is 1. The van der Waals surface area contributed by atoms with Gasteiger partial charge in [-0.3, -0.25) is 9.78 Å². The number of hydrogen-bond acceptors (Lipinski definition) is 4. The first kappa shape index (κ1) is 13.5. The predicted octanol–water partition coefficient (Wildman–Crippen LogP) is 0.0606. The SMILES string of the molecule is O=C(O)[C@@H]1C[C@H](O)CN1C(=O)CCc1ccncc1. The van der Waals surface area contributed by atoms with Crippen LogP contribution >= 0.6 is 0 Å². The van der Waals surface area contributed by atoms with E-state index in [1.165, 1.54) is 4.90 Å². The number of hydrogen-bond donors (Lipinski definition) is 2. The molecule has 6 heteroatoms. The van der Waals surface area contributed by atoms with Crippen LogP contribution in [0.5, 0.6) is 0 Å². The van der Waals surface area contributed by atoms with E-state index >= 15 is 0 Å². The minimum atomic E-state index is -1.06. The Labute approximate surface area is 110 Å². The van der Waals surface area contributed by atoms with Gasteiger partial charge in [0, 0.05) is 31.8 Å². The Balaban J connectivity index is 1.94. The Hall–Kier alpha value is -1.95. The van der Waals surface area contributed by atoms with E-state index in [0.29, 0.717) is 6.42 Å². The Bertz CT molecular complexity index is 463. The fourth-order valence-corrected chi connectivity index (χ4v) is 2.27. The van der Waals surface area contributed by atoms with E-state index in [9.17, 15) is 14.7 Å². The predicted molar refractivity (Wildman–Crippen MR) is 66.3 cm³/mol. The maximum atomic E-state index is 12.0. The van der Waals surface area contributed by atoms with Crippen molar-refractivity contribution in [2.75, 3.05) is 6.54 Å². The summed E-state index contributed by atoms with van der Waals surface area (Å²) in [6, 6.07) is 2.74. The van der Waals surface area contributed by atoms with Gasteiger partial charge in [-0.2, -0.15) is 0 Å². The Kier molecular flexibility index (Phi) is 4.11. The van der Waals surface area contributed by atoms with Crippen molar-refractivity contribution >= 4 is 11.9 Å². The first-order valence-corrected chi connectivity index (χ1v) is 6.17. The van der Waals surface area contributed by atoms with Gasteiger partial charge in [-0.1, -0.05) is 0 Å². The van der Waals surface area contributed by atoms with Gasteiger partial charge in [0.05, 0.1) is 6.10 Å². The highest BCUT2D eigenvalue weighted by atomic mass is 16.4. The summed E-state index contributed by atoms with van der Waals surface area (Å²) in [7, 11) is 0. The Morgan fingerprint density at radius 3 is 2.68 bits per heavy atom. The monoisotopic (exact) mass is 264 g/mol. The number of aliphatic hydroxyl groups is 1. The molecule has 1 fully saturated rings. The van der Waals surface area contributed by atoms with Crippen molar-refractivity contribution in [3.63, 3.8) is 0 Å². The molecule has 0 saturated carbocycles. The number of likely N-dealkylation sites (tertiary alicyclic amines) is 1. The van der Waals surface area contributed by atoms with Crippen LogP contribution in [0.4, 0.5) is 0 Å². The number of carboxylic acid groups (broad SMARTS) is 1. The third-order valence-electron chi connectivity index (χ3n) is 3.26. The highest BCUT2D eigenvalue weighted by Gasteiger charge is 2.38. The molecule has 102 valence electrons. The van der Waals surface area contributed by atoms with E-state index in [2.05, 4.69) is 4.98 Å². The molecular formula is C13H16N2O4. The summed E-state index contributed by atoms with van der Waals surface area (Å²) in [5, 5.41) is 18.5. The van der Waals surface area contributed by atoms with Crippen LogP contribution in [-0.4, -0.2) is 50.7 Å². The van der Waals surface area contributed by atoms with E-state index in [-0.39, 0.29) is 25.3 Å².